The van der Waals surface area contributed by atoms with Crippen LogP contribution in [0.25, 0.3) is 0 Å². The second kappa shape index (κ2) is 5.99. The standard InChI is InChI=1S/C12H19N3S/c1-2-13-11-6-3-7-12(15-11)14-9-10-5-4-8-16-10/h3,6-7,10H,2,4-5,8-9H2,1H3,(H2,13,14,15). The van der Waals surface area contributed by atoms with Crippen LogP contribution in [0.15, 0.2) is 18.2 Å². The SMILES string of the molecule is CCNc1cccc(NCC2CCCS2)n1. The van der Waals surface area contributed by atoms with E-state index < -0.39 is 0 Å². The van der Waals surface area contributed by atoms with Crippen molar-refractivity contribution in [2.24, 2.45) is 0 Å². The van der Waals surface area contributed by atoms with Crippen LogP contribution in [0.2, 0.25) is 0 Å². The maximum atomic E-state index is 4.49. The van der Waals surface area contributed by atoms with Crippen LogP contribution in [0.3, 0.4) is 0 Å². The van der Waals surface area contributed by atoms with E-state index in [1.165, 1.54) is 18.6 Å². The highest BCUT2D eigenvalue weighted by atomic mass is 32.2. The van der Waals surface area contributed by atoms with Gasteiger partial charge in [0.2, 0.25) is 0 Å². The molecule has 1 atom stereocenters. The average Bonchev–Trinajstić information content (AvgIpc) is 2.80. The summed E-state index contributed by atoms with van der Waals surface area (Å²) in [4.78, 5) is 4.49. The van der Waals surface area contributed by atoms with Crippen LogP contribution >= 0.6 is 11.8 Å². The molecule has 16 heavy (non-hydrogen) atoms. The van der Waals surface area contributed by atoms with Gasteiger partial charge in [0.25, 0.3) is 0 Å². The third-order valence-corrected chi connectivity index (χ3v) is 4.04. The Kier molecular flexibility index (Phi) is 4.34. The smallest absolute Gasteiger partial charge is 0.128 e. The third-order valence-electron chi connectivity index (χ3n) is 2.64. The summed E-state index contributed by atoms with van der Waals surface area (Å²) in [6.07, 6.45) is 2.70. The first-order valence-electron chi connectivity index (χ1n) is 5.95. The predicted molar refractivity (Wildman–Crippen MR) is 72.4 cm³/mol. The maximum Gasteiger partial charge on any atom is 0.128 e. The van der Waals surface area contributed by atoms with Crippen molar-refractivity contribution in [3.05, 3.63) is 18.2 Å². The van der Waals surface area contributed by atoms with Crippen molar-refractivity contribution in [3.63, 3.8) is 0 Å². The van der Waals surface area contributed by atoms with Crippen LogP contribution in [-0.4, -0.2) is 29.1 Å². The van der Waals surface area contributed by atoms with Crippen LogP contribution in [0, 0.1) is 0 Å². The number of pyridine rings is 1. The zero-order chi connectivity index (χ0) is 11.2. The van der Waals surface area contributed by atoms with Gasteiger partial charge in [0.15, 0.2) is 0 Å². The molecule has 0 saturated carbocycles. The van der Waals surface area contributed by atoms with E-state index in [4.69, 9.17) is 0 Å². The summed E-state index contributed by atoms with van der Waals surface area (Å²) < 4.78 is 0. The van der Waals surface area contributed by atoms with E-state index in [1.807, 2.05) is 18.2 Å². The Morgan fingerprint density at radius 2 is 2.19 bits per heavy atom. The highest BCUT2D eigenvalue weighted by Crippen LogP contribution is 2.26. The molecule has 1 aromatic rings. The van der Waals surface area contributed by atoms with Gasteiger partial charge in [-0.3, -0.25) is 0 Å². The largest absolute Gasteiger partial charge is 0.370 e. The molecule has 2 rings (SSSR count). The minimum absolute atomic E-state index is 0.768. The normalized spacial score (nSPS) is 19.7. The number of hydrogen-bond acceptors (Lipinski definition) is 4. The summed E-state index contributed by atoms with van der Waals surface area (Å²) >= 11 is 2.07. The summed E-state index contributed by atoms with van der Waals surface area (Å²) in [5.74, 6) is 3.24. The summed E-state index contributed by atoms with van der Waals surface area (Å²) in [5.41, 5.74) is 0. The molecule has 0 aliphatic carbocycles. The lowest BCUT2D eigenvalue weighted by Gasteiger charge is -2.11. The van der Waals surface area contributed by atoms with Crippen LogP contribution < -0.4 is 10.6 Å². The predicted octanol–water partition coefficient (Wildman–Crippen LogP) is 2.82. The van der Waals surface area contributed by atoms with Crippen LogP contribution in [-0.2, 0) is 0 Å². The van der Waals surface area contributed by atoms with Crippen molar-refractivity contribution in [1.82, 2.24) is 4.98 Å². The Morgan fingerprint density at radius 3 is 2.88 bits per heavy atom. The monoisotopic (exact) mass is 237 g/mol. The minimum Gasteiger partial charge on any atom is -0.370 e. The topological polar surface area (TPSA) is 37.0 Å². The maximum absolute atomic E-state index is 4.49. The van der Waals surface area contributed by atoms with Gasteiger partial charge in [-0.1, -0.05) is 6.07 Å². The van der Waals surface area contributed by atoms with Gasteiger partial charge in [-0.05, 0) is 37.7 Å². The second-order valence-electron chi connectivity index (χ2n) is 3.95. The highest BCUT2D eigenvalue weighted by molar-refractivity contribution is 8.00. The van der Waals surface area contributed by atoms with E-state index in [0.717, 1.165) is 30.0 Å². The molecular weight excluding hydrogens is 218 g/mol. The molecule has 1 aliphatic rings. The van der Waals surface area contributed by atoms with Gasteiger partial charge < -0.3 is 10.6 Å². The van der Waals surface area contributed by atoms with Crippen LogP contribution in [0.4, 0.5) is 11.6 Å². The Balaban J connectivity index is 1.85. The van der Waals surface area contributed by atoms with E-state index in [1.54, 1.807) is 0 Å². The van der Waals surface area contributed by atoms with Crippen molar-refractivity contribution in [2.45, 2.75) is 25.0 Å². The molecular formula is C12H19N3S. The van der Waals surface area contributed by atoms with Crippen molar-refractivity contribution in [1.29, 1.82) is 0 Å². The van der Waals surface area contributed by atoms with E-state index >= 15 is 0 Å². The molecule has 0 bridgehead atoms. The fourth-order valence-corrected chi connectivity index (χ4v) is 3.04. The van der Waals surface area contributed by atoms with Gasteiger partial charge in [0.1, 0.15) is 11.6 Å². The summed E-state index contributed by atoms with van der Waals surface area (Å²) in [6, 6.07) is 6.06. The quantitative estimate of drug-likeness (QED) is 0.825. The van der Waals surface area contributed by atoms with E-state index in [-0.39, 0.29) is 0 Å². The molecule has 1 unspecified atom stereocenters. The third kappa shape index (κ3) is 3.30. The summed E-state index contributed by atoms with van der Waals surface area (Å²) in [6.45, 7) is 4.03. The number of aromatic nitrogens is 1. The molecule has 1 aromatic heterocycles. The molecule has 2 N–H and O–H groups in total. The molecule has 4 heteroatoms. The molecule has 3 nitrogen and oxygen atoms in total. The van der Waals surface area contributed by atoms with E-state index in [0.29, 0.717) is 0 Å². The molecule has 88 valence electrons. The molecule has 1 aliphatic heterocycles. The van der Waals surface area contributed by atoms with Gasteiger partial charge in [0.05, 0.1) is 0 Å². The van der Waals surface area contributed by atoms with Gasteiger partial charge in [-0.25, -0.2) is 4.98 Å². The first-order chi connectivity index (χ1) is 7.88. The zero-order valence-corrected chi connectivity index (χ0v) is 10.5. The Hall–Kier alpha value is -0.900. The molecule has 0 radical (unpaired) electrons. The number of nitrogens with one attached hydrogen (secondary N) is 2. The lowest BCUT2D eigenvalue weighted by Crippen LogP contribution is -2.14. The molecule has 2 heterocycles. The van der Waals surface area contributed by atoms with Crippen LogP contribution in [0.1, 0.15) is 19.8 Å². The van der Waals surface area contributed by atoms with E-state index in [2.05, 4.69) is 34.3 Å². The Bertz CT molecular complexity index is 324. The molecule has 0 aromatic carbocycles. The first kappa shape index (κ1) is 11.6. The fourth-order valence-electron chi connectivity index (χ4n) is 1.84. The summed E-state index contributed by atoms with van der Waals surface area (Å²) in [7, 11) is 0. The van der Waals surface area contributed by atoms with Crippen molar-refractivity contribution in [3.8, 4) is 0 Å². The second-order valence-corrected chi connectivity index (χ2v) is 5.36. The number of rotatable bonds is 5. The number of anilines is 2. The highest BCUT2D eigenvalue weighted by Gasteiger charge is 2.14. The van der Waals surface area contributed by atoms with Gasteiger partial charge in [-0.2, -0.15) is 11.8 Å². The Morgan fingerprint density at radius 1 is 1.38 bits per heavy atom. The molecule has 0 spiro atoms. The van der Waals surface area contributed by atoms with Crippen molar-refractivity contribution >= 4 is 23.4 Å². The lowest BCUT2D eigenvalue weighted by atomic mass is 10.2. The van der Waals surface area contributed by atoms with Crippen molar-refractivity contribution < 1.29 is 0 Å². The number of thioether (sulfide) groups is 1. The van der Waals surface area contributed by atoms with Gasteiger partial charge in [-0.15, -0.1) is 0 Å². The fraction of sp³-hybridized carbons (Fsp3) is 0.583. The molecule has 1 saturated heterocycles. The van der Waals surface area contributed by atoms with Crippen LogP contribution in [0.5, 0.6) is 0 Å². The van der Waals surface area contributed by atoms with Gasteiger partial charge >= 0.3 is 0 Å². The Labute approximate surface area is 101 Å². The summed E-state index contributed by atoms with van der Waals surface area (Å²) in [5, 5.41) is 7.40. The van der Waals surface area contributed by atoms with Gasteiger partial charge in [0, 0.05) is 18.3 Å². The number of hydrogen-bond donors (Lipinski definition) is 2. The average molecular weight is 237 g/mol. The first-order valence-corrected chi connectivity index (χ1v) is 7.00. The molecule has 0 amide bonds. The molecule has 1 fully saturated rings. The van der Waals surface area contributed by atoms with E-state index in [9.17, 15) is 0 Å². The number of nitrogens with zero attached hydrogens (tertiary/aromatic N) is 1. The minimum atomic E-state index is 0.768. The lowest BCUT2D eigenvalue weighted by molar-refractivity contribution is 0.803. The van der Waals surface area contributed by atoms with Crippen molar-refractivity contribution in [2.75, 3.05) is 29.5 Å². The zero-order valence-electron chi connectivity index (χ0n) is 9.70.